The van der Waals surface area contributed by atoms with Crippen LogP contribution in [0.1, 0.15) is 20.8 Å². The van der Waals surface area contributed by atoms with Gasteiger partial charge in [0, 0.05) is 14.1 Å². The van der Waals surface area contributed by atoms with Crippen molar-refractivity contribution >= 4 is 14.3 Å². The molecule has 18 heavy (non-hydrogen) atoms. The smallest absolute Gasteiger partial charge is 0.338 e. The Balaban J connectivity index is 4.01. The number of carbonyl (C=O) groups is 1. The summed E-state index contributed by atoms with van der Waals surface area (Å²) in [6.07, 6.45) is 0. The average Bonchev–Trinajstić information content (AvgIpc) is 2.25. The molecular weight excluding hydrogens is 248 g/mol. The molecule has 0 aliphatic carbocycles. The van der Waals surface area contributed by atoms with Crippen molar-refractivity contribution in [2.24, 2.45) is 10.3 Å². The van der Waals surface area contributed by atoms with E-state index in [0.717, 1.165) is 5.01 Å². The first-order valence-corrected chi connectivity index (χ1v) is 8.99. The summed E-state index contributed by atoms with van der Waals surface area (Å²) >= 11 is 0. The van der Waals surface area contributed by atoms with Crippen LogP contribution in [-0.4, -0.2) is 46.6 Å². The Labute approximate surface area is 111 Å². The minimum Gasteiger partial charge on any atom is -0.415 e. The van der Waals surface area contributed by atoms with Gasteiger partial charge < -0.3 is 9.74 Å². The van der Waals surface area contributed by atoms with Crippen molar-refractivity contribution in [2.45, 2.75) is 38.9 Å². The van der Waals surface area contributed by atoms with Crippen LogP contribution >= 0.6 is 0 Å². The molecule has 0 spiro atoms. The van der Waals surface area contributed by atoms with Gasteiger partial charge in [-0.2, -0.15) is 5.11 Å². The van der Waals surface area contributed by atoms with E-state index in [1.54, 1.807) is 14.1 Å². The molecule has 0 fully saturated rings. The van der Waals surface area contributed by atoms with E-state index in [1.807, 2.05) is 0 Å². The number of hydrogen-bond donors (Lipinski definition) is 1. The molecule has 106 valence electrons. The second-order valence-corrected chi connectivity index (χ2v) is 10.5. The molecule has 1 N–H and O–H groups in total. The number of rotatable bonds is 5. The van der Waals surface area contributed by atoms with Gasteiger partial charge in [-0.1, -0.05) is 26.0 Å². The molecule has 0 bridgehead atoms. The number of hydrogen-bond acceptors (Lipinski definition) is 4. The van der Waals surface area contributed by atoms with Crippen LogP contribution in [0.25, 0.3) is 0 Å². The van der Waals surface area contributed by atoms with E-state index in [0.29, 0.717) is 13.2 Å². The van der Waals surface area contributed by atoms with Crippen molar-refractivity contribution in [3.8, 4) is 0 Å². The summed E-state index contributed by atoms with van der Waals surface area (Å²) in [6, 6.07) is -0.288. The molecule has 6 nitrogen and oxygen atoms in total. The fourth-order valence-electron chi connectivity index (χ4n) is 0.900. The molecule has 0 unspecified atom stereocenters. The van der Waals surface area contributed by atoms with Crippen molar-refractivity contribution in [1.29, 1.82) is 0 Å². The summed E-state index contributed by atoms with van der Waals surface area (Å²) in [5, 5.41) is 11.5. The molecule has 0 heterocycles. The number of nitrogens with one attached hydrogen (secondary N) is 1. The van der Waals surface area contributed by atoms with Gasteiger partial charge in [-0.05, 0) is 18.1 Å². The molecule has 2 amide bonds. The average molecular weight is 274 g/mol. The van der Waals surface area contributed by atoms with Crippen LogP contribution in [0.3, 0.4) is 0 Å². The highest BCUT2D eigenvalue weighted by Gasteiger charge is 2.36. The highest BCUT2D eigenvalue weighted by Crippen LogP contribution is 2.36. The molecule has 0 rings (SSSR count). The molecule has 0 radical (unpaired) electrons. The van der Waals surface area contributed by atoms with Gasteiger partial charge in [0.2, 0.25) is 0 Å². The second kappa shape index (κ2) is 6.84. The van der Waals surface area contributed by atoms with Crippen LogP contribution in [0.2, 0.25) is 18.1 Å². The van der Waals surface area contributed by atoms with Crippen molar-refractivity contribution in [1.82, 2.24) is 10.3 Å². The Morgan fingerprint density at radius 2 is 1.94 bits per heavy atom. The molecule has 0 atom stereocenters. The molecule has 0 saturated heterocycles. The van der Waals surface area contributed by atoms with Crippen LogP contribution in [0.5, 0.6) is 0 Å². The fourth-order valence-corrected chi connectivity index (χ4v) is 1.93. The van der Waals surface area contributed by atoms with Gasteiger partial charge in [0.25, 0.3) is 0 Å². The third-order valence-electron chi connectivity index (χ3n) is 3.17. The minimum atomic E-state index is -1.71. The SMILES string of the molecule is CNC(=O)N(C)N=NCCO[Si](C)(C)C(C)(C)C. The van der Waals surface area contributed by atoms with Crippen LogP contribution in [0.4, 0.5) is 4.79 Å². The molecule has 0 aromatic heterocycles. The number of nitrogens with zero attached hydrogens (tertiary/aromatic N) is 3. The highest BCUT2D eigenvalue weighted by atomic mass is 28.4. The Morgan fingerprint density at radius 1 is 1.39 bits per heavy atom. The van der Waals surface area contributed by atoms with Gasteiger partial charge in [-0.15, -0.1) is 0 Å². The lowest BCUT2D eigenvalue weighted by Crippen LogP contribution is -2.41. The number of amides is 2. The van der Waals surface area contributed by atoms with Gasteiger partial charge in [-0.3, -0.25) is 0 Å². The highest BCUT2D eigenvalue weighted by molar-refractivity contribution is 6.74. The van der Waals surface area contributed by atoms with Crippen LogP contribution in [-0.2, 0) is 4.43 Å². The van der Waals surface area contributed by atoms with E-state index in [1.165, 1.54) is 0 Å². The minimum absolute atomic E-state index is 0.197. The van der Waals surface area contributed by atoms with E-state index in [-0.39, 0.29) is 11.1 Å². The zero-order chi connectivity index (χ0) is 14.4. The lowest BCUT2D eigenvalue weighted by atomic mass is 10.2. The van der Waals surface area contributed by atoms with E-state index >= 15 is 0 Å². The maximum absolute atomic E-state index is 11.1. The lowest BCUT2D eigenvalue weighted by molar-refractivity contribution is 0.208. The van der Waals surface area contributed by atoms with E-state index in [4.69, 9.17) is 4.43 Å². The molecule has 0 aromatic carbocycles. The van der Waals surface area contributed by atoms with Crippen molar-refractivity contribution in [2.75, 3.05) is 27.2 Å². The molecule has 0 saturated carbocycles. The summed E-state index contributed by atoms with van der Waals surface area (Å²) in [6.45, 7) is 12.0. The van der Waals surface area contributed by atoms with Crippen molar-refractivity contribution < 1.29 is 9.22 Å². The predicted molar refractivity (Wildman–Crippen MR) is 75.1 cm³/mol. The van der Waals surface area contributed by atoms with E-state index in [9.17, 15) is 4.79 Å². The van der Waals surface area contributed by atoms with E-state index in [2.05, 4.69) is 49.5 Å². The van der Waals surface area contributed by atoms with Gasteiger partial charge in [0.05, 0.1) is 13.2 Å². The molecular formula is C11H26N4O2Si. The van der Waals surface area contributed by atoms with E-state index < -0.39 is 8.32 Å². The third-order valence-corrected chi connectivity index (χ3v) is 7.70. The van der Waals surface area contributed by atoms with Gasteiger partial charge in [0.15, 0.2) is 8.32 Å². The fraction of sp³-hybridized carbons (Fsp3) is 0.909. The summed E-state index contributed by atoms with van der Waals surface area (Å²) < 4.78 is 5.93. The summed E-state index contributed by atoms with van der Waals surface area (Å²) in [5.74, 6) is 0. The lowest BCUT2D eigenvalue weighted by Gasteiger charge is -2.35. The molecule has 0 aliphatic heterocycles. The first kappa shape index (κ1) is 17.0. The number of urea groups is 1. The molecule has 7 heteroatoms. The van der Waals surface area contributed by atoms with Crippen LogP contribution in [0, 0.1) is 0 Å². The summed E-state index contributed by atoms with van der Waals surface area (Å²) in [7, 11) is 1.40. The largest absolute Gasteiger partial charge is 0.415 e. The van der Waals surface area contributed by atoms with Gasteiger partial charge >= 0.3 is 6.03 Å². The zero-order valence-electron chi connectivity index (χ0n) is 12.6. The first-order chi connectivity index (χ1) is 8.12. The summed E-state index contributed by atoms with van der Waals surface area (Å²) in [5.41, 5.74) is 0. The Hall–Kier alpha value is -0.953. The predicted octanol–water partition coefficient (Wildman–Crippen LogP) is 2.65. The first-order valence-electron chi connectivity index (χ1n) is 6.08. The molecule has 0 aliphatic rings. The maximum Gasteiger partial charge on any atom is 0.338 e. The van der Waals surface area contributed by atoms with Crippen LogP contribution in [0.15, 0.2) is 10.3 Å². The van der Waals surface area contributed by atoms with Gasteiger partial charge in [0.1, 0.15) is 0 Å². The maximum atomic E-state index is 11.1. The second-order valence-electron chi connectivity index (χ2n) is 5.64. The monoisotopic (exact) mass is 274 g/mol. The third kappa shape index (κ3) is 5.59. The number of carbonyl (C=O) groups excluding carboxylic acids is 1. The topological polar surface area (TPSA) is 66.3 Å². The quantitative estimate of drug-likeness (QED) is 0.362. The van der Waals surface area contributed by atoms with Crippen LogP contribution < -0.4 is 5.32 Å². The van der Waals surface area contributed by atoms with Crippen molar-refractivity contribution in [3.05, 3.63) is 0 Å². The summed E-state index contributed by atoms with van der Waals surface area (Å²) in [4.78, 5) is 11.1. The Morgan fingerprint density at radius 3 is 2.39 bits per heavy atom. The standard InChI is InChI=1S/C11H26N4O2Si/c1-11(2,3)18(6,7)17-9-8-13-14-15(5)10(16)12-4/h8-9H2,1-7H3,(H,12,16). The Kier molecular flexibility index (Phi) is 6.48. The van der Waals surface area contributed by atoms with Crippen molar-refractivity contribution in [3.63, 3.8) is 0 Å². The Bertz CT molecular complexity index is 300. The zero-order valence-corrected chi connectivity index (χ0v) is 13.6. The normalized spacial score (nSPS) is 12.8. The molecule has 0 aromatic rings. The van der Waals surface area contributed by atoms with Gasteiger partial charge in [-0.25, -0.2) is 9.80 Å².